The van der Waals surface area contributed by atoms with Crippen molar-refractivity contribution in [1.82, 2.24) is 0 Å². The zero-order chi connectivity index (χ0) is 12.1. The van der Waals surface area contributed by atoms with Crippen LogP contribution in [0.2, 0.25) is 0 Å². The number of carbonyl (C=O) groups is 2. The van der Waals surface area contributed by atoms with Gasteiger partial charge in [0.05, 0.1) is 6.61 Å². The summed E-state index contributed by atoms with van der Waals surface area (Å²) in [5.74, 6) is -1.95. The lowest BCUT2D eigenvalue weighted by molar-refractivity contribution is -0.137. The van der Waals surface area contributed by atoms with Gasteiger partial charge in [-0.05, 0) is 13.0 Å². The van der Waals surface area contributed by atoms with E-state index in [-0.39, 0.29) is 17.7 Å². The van der Waals surface area contributed by atoms with Crippen LogP contribution in [0.5, 0.6) is 0 Å². The highest BCUT2D eigenvalue weighted by Gasteiger charge is 2.18. The standard InChI is InChI=1S/C11H10F2O3/c1-2-16-11(15)9(14)7-4-3-5-8(6-7)10(12)13/h3-6,10H,2H2,1H3. The molecule has 0 fully saturated rings. The summed E-state index contributed by atoms with van der Waals surface area (Å²) in [5.41, 5.74) is -0.383. The number of ether oxygens (including phenoxy) is 1. The molecule has 0 saturated carbocycles. The van der Waals surface area contributed by atoms with Crippen molar-refractivity contribution in [3.05, 3.63) is 35.4 Å². The van der Waals surface area contributed by atoms with Gasteiger partial charge in [0, 0.05) is 11.1 Å². The summed E-state index contributed by atoms with van der Waals surface area (Å²) in [7, 11) is 0. The SMILES string of the molecule is CCOC(=O)C(=O)c1cccc(C(F)F)c1. The molecule has 0 bridgehead atoms. The zero-order valence-electron chi connectivity index (χ0n) is 8.57. The molecule has 1 rings (SSSR count). The first-order valence-electron chi connectivity index (χ1n) is 4.65. The number of ketones is 1. The van der Waals surface area contributed by atoms with Crippen LogP contribution in [-0.2, 0) is 9.53 Å². The second-order valence-electron chi connectivity index (χ2n) is 2.98. The maximum Gasteiger partial charge on any atom is 0.379 e. The van der Waals surface area contributed by atoms with Gasteiger partial charge in [-0.1, -0.05) is 18.2 Å². The summed E-state index contributed by atoms with van der Waals surface area (Å²) in [6.07, 6.45) is -2.67. The van der Waals surface area contributed by atoms with Gasteiger partial charge in [-0.15, -0.1) is 0 Å². The fourth-order valence-corrected chi connectivity index (χ4v) is 1.13. The van der Waals surface area contributed by atoms with E-state index in [1.54, 1.807) is 6.92 Å². The quantitative estimate of drug-likeness (QED) is 0.451. The number of hydrogen-bond donors (Lipinski definition) is 0. The molecule has 0 aliphatic rings. The molecule has 0 aliphatic carbocycles. The molecule has 86 valence electrons. The number of esters is 1. The monoisotopic (exact) mass is 228 g/mol. The average Bonchev–Trinajstić information content (AvgIpc) is 2.28. The van der Waals surface area contributed by atoms with Crippen LogP contribution in [0, 0.1) is 0 Å². The zero-order valence-corrected chi connectivity index (χ0v) is 8.57. The minimum atomic E-state index is -2.67. The van der Waals surface area contributed by atoms with Crippen molar-refractivity contribution in [2.45, 2.75) is 13.3 Å². The van der Waals surface area contributed by atoms with Gasteiger partial charge >= 0.3 is 5.97 Å². The second kappa shape index (κ2) is 5.34. The minimum absolute atomic E-state index is 0.0686. The van der Waals surface area contributed by atoms with Crippen molar-refractivity contribution in [2.75, 3.05) is 6.61 Å². The molecule has 0 spiro atoms. The molecular weight excluding hydrogens is 218 g/mol. The predicted molar refractivity (Wildman–Crippen MR) is 52.4 cm³/mol. The number of halogens is 2. The number of rotatable bonds is 4. The number of hydrogen-bond acceptors (Lipinski definition) is 3. The molecule has 0 N–H and O–H groups in total. The molecule has 0 aliphatic heterocycles. The van der Waals surface area contributed by atoms with Gasteiger partial charge in [0.25, 0.3) is 12.2 Å². The van der Waals surface area contributed by atoms with Crippen LogP contribution in [0.3, 0.4) is 0 Å². The van der Waals surface area contributed by atoms with Gasteiger partial charge in [0.2, 0.25) is 0 Å². The molecular formula is C11H10F2O3. The van der Waals surface area contributed by atoms with E-state index in [9.17, 15) is 18.4 Å². The first-order chi connectivity index (χ1) is 7.56. The first kappa shape index (κ1) is 12.3. The summed E-state index contributed by atoms with van der Waals surface area (Å²) in [4.78, 5) is 22.5. The highest BCUT2D eigenvalue weighted by molar-refractivity contribution is 6.40. The van der Waals surface area contributed by atoms with Crippen LogP contribution in [0.25, 0.3) is 0 Å². The van der Waals surface area contributed by atoms with Crippen LogP contribution in [0.1, 0.15) is 29.3 Å². The van der Waals surface area contributed by atoms with Crippen molar-refractivity contribution in [3.8, 4) is 0 Å². The van der Waals surface area contributed by atoms with Gasteiger partial charge < -0.3 is 4.74 Å². The third-order valence-corrected chi connectivity index (χ3v) is 1.86. The smallest absolute Gasteiger partial charge is 0.379 e. The molecule has 0 radical (unpaired) electrons. The molecule has 0 aromatic heterocycles. The predicted octanol–water partition coefficient (Wildman–Crippen LogP) is 2.37. The number of alkyl halides is 2. The topological polar surface area (TPSA) is 43.4 Å². The van der Waals surface area contributed by atoms with E-state index in [0.29, 0.717) is 0 Å². The van der Waals surface area contributed by atoms with E-state index in [0.717, 1.165) is 6.07 Å². The lowest BCUT2D eigenvalue weighted by Gasteiger charge is -2.03. The average molecular weight is 228 g/mol. The van der Waals surface area contributed by atoms with E-state index in [2.05, 4.69) is 4.74 Å². The fourth-order valence-electron chi connectivity index (χ4n) is 1.13. The third-order valence-electron chi connectivity index (χ3n) is 1.86. The molecule has 1 aromatic rings. The Morgan fingerprint density at radius 1 is 1.38 bits per heavy atom. The number of Topliss-reactive ketones (excluding diaryl/α,β-unsaturated/α-hetero) is 1. The molecule has 0 saturated heterocycles. The third kappa shape index (κ3) is 2.85. The van der Waals surface area contributed by atoms with Crippen molar-refractivity contribution < 1.29 is 23.1 Å². The van der Waals surface area contributed by atoms with Crippen molar-refractivity contribution in [2.24, 2.45) is 0 Å². The summed E-state index contributed by atoms with van der Waals surface area (Å²) in [5, 5.41) is 0. The van der Waals surface area contributed by atoms with Gasteiger partial charge in [-0.2, -0.15) is 0 Å². The first-order valence-corrected chi connectivity index (χ1v) is 4.65. The van der Waals surface area contributed by atoms with Crippen molar-refractivity contribution in [1.29, 1.82) is 0 Å². The lowest BCUT2D eigenvalue weighted by Crippen LogP contribution is -2.17. The Hall–Kier alpha value is -1.78. The van der Waals surface area contributed by atoms with E-state index >= 15 is 0 Å². The van der Waals surface area contributed by atoms with Crippen LogP contribution >= 0.6 is 0 Å². The Morgan fingerprint density at radius 3 is 2.62 bits per heavy atom. The molecule has 1 aromatic carbocycles. The van der Waals surface area contributed by atoms with Crippen LogP contribution in [-0.4, -0.2) is 18.4 Å². The fraction of sp³-hybridized carbons (Fsp3) is 0.273. The maximum atomic E-state index is 12.3. The Bertz CT molecular complexity index is 402. The van der Waals surface area contributed by atoms with Gasteiger partial charge in [0.1, 0.15) is 0 Å². The van der Waals surface area contributed by atoms with Gasteiger partial charge in [0.15, 0.2) is 0 Å². The van der Waals surface area contributed by atoms with Gasteiger partial charge in [-0.3, -0.25) is 4.79 Å². The molecule has 3 nitrogen and oxygen atoms in total. The van der Waals surface area contributed by atoms with Crippen molar-refractivity contribution >= 4 is 11.8 Å². The number of benzene rings is 1. The highest BCUT2D eigenvalue weighted by Crippen LogP contribution is 2.19. The molecule has 0 heterocycles. The summed E-state index contributed by atoms with van der Waals surface area (Å²) in [6, 6.07) is 4.77. The van der Waals surface area contributed by atoms with Gasteiger partial charge in [-0.25, -0.2) is 13.6 Å². The molecule has 0 amide bonds. The van der Waals surface area contributed by atoms with Crippen LogP contribution < -0.4 is 0 Å². The second-order valence-corrected chi connectivity index (χ2v) is 2.98. The molecule has 16 heavy (non-hydrogen) atoms. The normalized spacial score (nSPS) is 10.2. The molecule has 0 unspecified atom stereocenters. The minimum Gasteiger partial charge on any atom is -0.460 e. The van der Waals surface area contributed by atoms with E-state index < -0.39 is 18.2 Å². The molecule has 0 atom stereocenters. The number of carbonyl (C=O) groups excluding carboxylic acids is 2. The van der Waals surface area contributed by atoms with Crippen LogP contribution in [0.4, 0.5) is 8.78 Å². The Balaban J connectivity index is 2.92. The largest absolute Gasteiger partial charge is 0.460 e. The van der Waals surface area contributed by atoms with Crippen LogP contribution in [0.15, 0.2) is 24.3 Å². The van der Waals surface area contributed by atoms with E-state index in [4.69, 9.17) is 0 Å². The summed E-state index contributed by atoms with van der Waals surface area (Å²) in [6.45, 7) is 1.62. The maximum absolute atomic E-state index is 12.3. The molecule has 5 heteroatoms. The lowest BCUT2D eigenvalue weighted by atomic mass is 10.1. The highest BCUT2D eigenvalue weighted by atomic mass is 19.3. The van der Waals surface area contributed by atoms with E-state index in [1.165, 1.54) is 18.2 Å². The summed E-state index contributed by atoms with van der Waals surface area (Å²) >= 11 is 0. The Kier molecular flexibility index (Phi) is 4.10. The van der Waals surface area contributed by atoms with Crippen molar-refractivity contribution in [3.63, 3.8) is 0 Å². The summed E-state index contributed by atoms with van der Waals surface area (Å²) < 4.78 is 29.1. The Labute approximate surface area is 91.0 Å². The van der Waals surface area contributed by atoms with E-state index in [1.807, 2.05) is 0 Å². The Morgan fingerprint density at radius 2 is 2.06 bits per heavy atom.